The van der Waals surface area contributed by atoms with Crippen LogP contribution in [0.5, 0.6) is 11.5 Å². The molecule has 1 N–H and O–H groups in total. The summed E-state index contributed by atoms with van der Waals surface area (Å²) in [5.74, 6) is 0.366. The maximum atomic E-state index is 12.5. The van der Waals surface area contributed by atoms with Gasteiger partial charge in [-0.2, -0.15) is 5.10 Å². The Morgan fingerprint density at radius 3 is 2.67 bits per heavy atom. The van der Waals surface area contributed by atoms with E-state index in [2.05, 4.69) is 11.7 Å². The maximum Gasteiger partial charge on any atom is 0.189 e. The summed E-state index contributed by atoms with van der Waals surface area (Å²) in [4.78, 5) is 12.5. The molecule has 2 aromatic rings. The molecule has 0 spiro atoms. The SMILES string of the molecule is C=CCc1cc(/C=C\C(=O)c2c(C)nn(C)c2C)cc(OC)c1O. The first-order valence-corrected chi connectivity index (χ1v) is 7.62. The lowest BCUT2D eigenvalue weighted by atomic mass is 10.0. The van der Waals surface area contributed by atoms with Crippen LogP contribution in [0, 0.1) is 13.8 Å². The molecule has 0 fully saturated rings. The first-order valence-electron chi connectivity index (χ1n) is 7.62. The summed E-state index contributed by atoms with van der Waals surface area (Å²) in [5.41, 5.74) is 3.63. The van der Waals surface area contributed by atoms with Crippen LogP contribution in [0.4, 0.5) is 0 Å². The number of aromatic hydroxyl groups is 1. The van der Waals surface area contributed by atoms with Gasteiger partial charge in [0.05, 0.1) is 18.4 Å². The van der Waals surface area contributed by atoms with E-state index in [1.807, 2.05) is 27.0 Å². The number of hydrogen-bond donors (Lipinski definition) is 1. The minimum Gasteiger partial charge on any atom is -0.504 e. The normalized spacial score (nSPS) is 11.0. The summed E-state index contributed by atoms with van der Waals surface area (Å²) < 4.78 is 6.89. The largest absolute Gasteiger partial charge is 0.504 e. The number of allylic oxidation sites excluding steroid dienone is 2. The Hall–Kier alpha value is -2.82. The van der Waals surface area contributed by atoms with Crippen molar-refractivity contribution in [1.82, 2.24) is 9.78 Å². The summed E-state index contributed by atoms with van der Waals surface area (Å²) in [6, 6.07) is 3.50. The van der Waals surface area contributed by atoms with E-state index in [1.165, 1.54) is 13.2 Å². The van der Waals surface area contributed by atoms with E-state index < -0.39 is 0 Å². The number of aryl methyl sites for hydroxylation is 2. The van der Waals surface area contributed by atoms with E-state index in [9.17, 15) is 9.90 Å². The van der Waals surface area contributed by atoms with Gasteiger partial charge >= 0.3 is 0 Å². The van der Waals surface area contributed by atoms with Crippen molar-refractivity contribution in [3.8, 4) is 11.5 Å². The number of aromatic nitrogens is 2. The van der Waals surface area contributed by atoms with Crippen molar-refractivity contribution in [2.24, 2.45) is 7.05 Å². The fourth-order valence-corrected chi connectivity index (χ4v) is 2.64. The van der Waals surface area contributed by atoms with E-state index in [0.29, 0.717) is 29.0 Å². The smallest absolute Gasteiger partial charge is 0.189 e. The van der Waals surface area contributed by atoms with E-state index in [1.54, 1.807) is 22.9 Å². The van der Waals surface area contributed by atoms with Gasteiger partial charge in [-0.3, -0.25) is 9.48 Å². The third-order valence-electron chi connectivity index (χ3n) is 3.94. The van der Waals surface area contributed by atoms with Crippen LogP contribution < -0.4 is 4.74 Å². The lowest BCUT2D eigenvalue weighted by molar-refractivity contribution is 0.104. The number of nitrogens with zero attached hydrogens (tertiary/aromatic N) is 2. The van der Waals surface area contributed by atoms with Crippen molar-refractivity contribution in [2.45, 2.75) is 20.3 Å². The minimum atomic E-state index is -0.101. The Bertz CT molecular complexity index is 817. The molecule has 0 unspecified atom stereocenters. The summed E-state index contributed by atoms with van der Waals surface area (Å²) in [6.45, 7) is 7.37. The third-order valence-corrected chi connectivity index (χ3v) is 3.94. The minimum absolute atomic E-state index is 0.0971. The molecule has 0 bridgehead atoms. The molecule has 0 aliphatic rings. The van der Waals surface area contributed by atoms with Crippen LogP contribution in [0.15, 0.2) is 30.9 Å². The molecule has 5 heteroatoms. The van der Waals surface area contributed by atoms with E-state index >= 15 is 0 Å². The van der Waals surface area contributed by atoms with Crippen molar-refractivity contribution in [1.29, 1.82) is 0 Å². The molecule has 0 aliphatic heterocycles. The topological polar surface area (TPSA) is 64.4 Å². The fraction of sp³-hybridized carbons (Fsp3) is 0.263. The van der Waals surface area contributed by atoms with Gasteiger partial charge in [-0.05, 0) is 44.0 Å². The quantitative estimate of drug-likeness (QED) is 0.502. The summed E-state index contributed by atoms with van der Waals surface area (Å²) >= 11 is 0. The molecule has 2 rings (SSSR count). The monoisotopic (exact) mass is 326 g/mol. The third kappa shape index (κ3) is 3.40. The highest BCUT2D eigenvalue weighted by atomic mass is 16.5. The first kappa shape index (κ1) is 17.5. The number of carbonyl (C=O) groups is 1. The molecule has 1 heterocycles. The van der Waals surface area contributed by atoms with Crippen LogP contribution >= 0.6 is 0 Å². The van der Waals surface area contributed by atoms with Crippen LogP contribution in [0.25, 0.3) is 6.08 Å². The zero-order valence-electron chi connectivity index (χ0n) is 14.5. The van der Waals surface area contributed by atoms with E-state index in [-0.39, 0.29) is 11.5 Å². The molecule has 0 radical (unpaired) electrons. The van der Waals surface area contributed by atoms with Gasteiger partial charge in [-0.1, -0.05) is 12.2 Å². The lowest BCUT2D eigenvalue weighted by Gasteiger charge is -2.09. The second-order valence-corrected chi connectivity index (χ2v) is 5.59. The number of methoxy groups -OCH3 is 1. The van der Waals surface area contributed by atoms with Gasteiger partial charge in [0.1, 0.15) is 0 Å². The second-order valence-electron chi connectivity index (χ2n) is 5.59. The molecule has 0 saturated carbocycles. The molecule has 1 aromatic heterocycles. The molecule has 1 aromatic carbocycles. The Kier molecular flexibility index (Phi) is 5.24. The zero-order chi connectivity index (χ0) is 17.9. The number of rotatable bonds is 6. The number of phenolic OH excluding ortho intramolecular Hbond substituents is 1. The molecule has 0 aliphatic carbocycles. The standard InChI is InChI=1S/C19H22N2O3/c1-6-7-15-10-14(11-17(24-5)19(15)23)8-9-16(22)18-12(2)20-21(4)13(18)3/h6,8-11,23H,1,7H2,2-5H3/b9-8-. The Morgan fingerprint density at radius 1 is 1.42 bits per heavy atom. The number of benzene rings is 1. The summed E-state index contributed by atoms with van der Waals surface area (Å²) in [7, 11) is 3.31. The Balaban J connectivity index is 2.36. The summed E-state index contributed by atoms with van der Waals surface area (Å²) in [6.07, 6.45) is 5.44. The highest BCUT2D eigenvalue weighted by molar-refractivity contribution is 6.08. The number of carbonyl (C=O) groups excluding carboxylic acids is 1. The summed E-state index contributed by atoms with van der Waals surface area (Å²) in [5, 5.41) is 14.4. The van der Waals surface area contributed by atoms with Gasteiger partial charge in [0.2, 0.25) is 0 Å². The highest BCUT2D eigenvalue weighted by Gasteiger charge is 2.15. The average molecular weight is 326 g/mol. The predicted octanol–water partition coefficient (Wildman–Crippen LogP) is 3.38. The Labute approximate surface area is 141 Å². The number of phenols is 1. The molecule has 5 nitrogen and oxygen atoms in total. The van der Waals surface area contributed by atoms with Gasteiger partial charge in [0, 0.05) is 18.3 Å². The molecule has 24 heavy (non-hydrogen) atoms. The number of ketones is 1. The molecule has 0 amide bonds. The van der Waals surface area contributed by atoms with Gasteiger partial charge in [0.25, 0.3) is 0 Å². The second kappa shape index (κ2) is 7.17. The van der Waals surface area contributed by atoms with Crippen molar-refractivity contribution in [2.75, 3.05) is 7.11 Å². The van der Waals surface area contributed by atoms with Gasteiger partial charge in [0.15, 0.2) is 17.3 Å². The van der Waals surface area contributed by atoms with Crippen LogP contribution in [-0.4, -0.2) is 27.8 Å². The fourth-order valence-electron chi connectivity index (χ4n) is 2.64. The van der Waals surface area contributed by atoms with E-state index in [4.69, 9.17) is 4.74 Å². The zero-order valence-corrected chi connectivity index (χ0v) is 14.5. The van der Waals surface area contributed by atoms with Crippen LogP contribution in [0.3, 0.4) is 0 Å². The Morgan fingerprint density at radius 2 is 2.12 bits per heavy atom. The van der Waals surface area contributed by atoms with Crippen molar-refractivity contribution in [3.05, 3.63) is 58.9 Å². The van der Waals surface area contributed by atoms with Gasteiger partial charge in [-0.15, -0.1) is 6.58 Å². The first-order chi connectivity index (χ1) is 11.4. The van der Waals surface area contributed by atoms with Crippen LogP contribution in [0.2, 0.25) is 0 Å². The maximum absolute atomic E-state index is 12.5. The van der Waals surface area contributed by atoms with Crippen molar-refractivity contribution >= 4 is 11.9 Å². The highest BCUT2D eigenvalue weighted by Crippen LogP contribution is 2.32. The number of ether oxygens (including phenoxy) is 1. The number of hydrogen-bond acceptors (Lipinski definition) is 4. The molecule has 0 atom stereocenters. The molecular formula is C19H22N2O3. The lowest BCUT2D eigenvalue weighted by Crippen LogP contribution is -1.99. The molecular weight excluding hydrogens is 304 g/mol. The predicted molar refractivity (Wildman–Crippen MR) is 94.6 cm³/mol. The van der Waals surface area contributed by atoms with Crippen molar-refractivity contribution < 1.29 is 14.6 Å². The molecule has 0 saturated heterocycles. The van der Waals surface area contributed by atoms with Crippen molar-refractivity contribution in [3.63, 3.8) is 0 Å². The van der Waals surface area contributed by atoms with Crippen LogP contribution in [0.1, 0.15) is 32.9 Å². The molecule has 126 valence electrons. The van der Waals surface area contributed by atoms with Gasteiger partial charge < -0.3 is 9.84 Å². The van der Waals surface area contributed by atoms with Crippen LogP contribution in [-0.2, 0) is 13.5 Å². The van der Waals surface area contributed by atoms with Gasteiger partial charge in [-0.25, -0.2) is 0 Å². The average Bonchev–Trinajstić information content (AvgIpc) is 2.80. The van der Waals surface area contributed by atoms with E-state index in [0.717, 1.165) is 11.3 Å².